The van der Waals surface area contributed by atoms with Gasteiger partial charge in [-0.1, -0.05) is 20.8 Å². The van der Waals surface area contributed by atoms with Crippen LogP contribution in [0, 0.1) is 11.8 Å². The summed E-state index contributed by atoms with van der Waals surface area (Å²) in [5.41, 5.74) is 0. The molecular weight excluding hydrogens is 178 g/mol. The van der Waals surface area contributed by atoms with E-state index in [1.807, 2.05) is 20.8 Å². The monoisotopic (exact) mass is 201 g/mol. The van der Waals surface area contributed by atoms with Crippen LogP contribution >= 0.6 is 0 Å². The molecule has 3 nitrogen and oxygen atoms in total. The van der Waals surface area contributed by atoms with Gasteiger partial charge in [0.25, 0.3) is 0 Å². The zero-order valence-electron chi connectivity index (χ0n) is 9.80. The quantitative estimate of drug-likeness (QED) is 0.646. The van der Waals surface area contributed by atoms with Crippen LogP contribution in [0.3, 0.4) is 0 Å². The lowest BCUT2D eigenvalue weighted by atomic mass is 9.93. The standard InChI is InChI=1S/C11H23NO2/c1-5-12-8-10(3)11(13)9(2)6-7-14-4/h9-10,12H,5-8H2,1-4H3. The molecule has 2 atom stereocenters. The summed E-state index contributed by atoms with van der Waals surface area (Å²) in [6, 6.07) is 0. The van der Waals surface area contributed by atoms with Crippen molar-refractivity contribution in [2.75, 3.05) is 26.8 Å². The lowest BCUT2D eigenvalue weighted by Crippen LogP contribution is -2.30. The molecule has 0 amide bonds. The molecule has 14 heavy (non-hydrogen) atoms. The van der Waals surface area contributed by atoms with Gasteiger partial charge in [-0.15, -0.1) is 0 Å². The van der Waals surface area contributed by atoms with Gasteiger partial charge < -0.3 is 10.1 Å². The largest absolute Gasteiger partial charge is 0.385 e. The summed E-state index contributed by atoms with van der Waals surface area (Å²) in [5, 5.41) is 3.19. The van der Waals surface area contributed by atoms with Gasteiger partial charge in [0.1, 0.15) is 5.78 Å². The Morgan fingerprint density at radius 3 is 2.50 bits per heavy atom. The number of nitrogens with one attached hydrogen (secondary N) is 1. The number of hydrogen-bond donors (Lipinski definition) is 1. The summed E-state index contributed by atoms with van der Waals surface area (Å²) >= 11 is 0. The Morgan fingerprint density at radius 2 is 2.00 bits per heavy atom. The third-order valence-corrected chi connectivity index (χ3v) is 2.43. The van der Waals surface area contributed by atoms with Crippen LogP contribution < -0.4 is 5.32 Å². The van der Waals surface area contributed by atoms with E-state index in [-0.39, 0.29) is 11.8 Å². The molecule has 0 aliphatic rings. The SMILES string of the molecule is CCNCC(C)C(=O)C(C)CCOC. The maximum atomic E-state index is 11.8. The Labute approximate surface area is 87.2 Å². The van der Waals surface area contributed by atoms with Crippen LogP contribution in [-0.2, 0) is 9.53 Å². The highest BCUT2D eigenvalue weighted by atomic mass is 16.5. The predicted molar refractivity (Wildman–Crippen MR) is 58.4 cm³/mol. The molecule has 0 heterocycles. The normalized spacial score (nSPS) is 15.1. The molecule has 3 heteroatoms. The summed E-state index contributed by atoms with van der Waals surface area (Å²) in [6.45, 7) is 8.38. The van der Waals surface area contributed by atoms with E-state index in [1.54, 1.807) is 7.11 Å². The summed E-state index contributed by atoms with van der Waals surface area (Å²) in [5.74, 6) is 0.563. The summed E-state index contributed by atoms with van der Waals surface area (Å²) in [7, 11) is 1.67. The van der Waals surface area contributed by atoms with E-state index in [0.29, 0.717) is 12.4 Å². The lowest BCUT2D eigenvalue weighted by molar-refractivity contribution is -0.126. The van der Waals surface area contributed by atoms with Crippen molar-refractivity contribution in [3.63, 3.8) is 0 Å². The first kappa shape index (κ1) is 13.6. The van der Waals surface area contributed by atoms with Crippen LogP contribution in [0.2, 0.25) is 0 Å². The van der Waals surface area contributed by atoms with Crippen molar-refractivity contribution in [2.24, 2.45) is 11.8 Å². The highest BCUT2D eigenvalue weighted by Crippen LogP contribution is 2.10. The maximum Gasteiger partial charge on any atom is 0.139 e. The minimum absolute atomic E-state index is 0.113. The molecule has 0 radical (unpaired) electrons. The molecule has 0 aromatic rings. The first-order chi connectivity index (χ1) is 6.63. The topological polar surface area (TPSA) is 38.3 Å². The minimum Gasteiger partial charge on any atom is -0.385 e. The maximum absolute atomic E-state index is 11.8. The first-order valence-corrected chi connectivity index (χ1v) is 5.36. The van der Waals surface area contributed by atoms with Crippen molar-refractivity contribution >= 4 is 5.78 Å². The first-order valence-electron chi connectivity index (χ1n) is 5.36. The number of rotatable bonds is 8. The number of carbonyl (C=O) groups is 1. The van der Waals surface area contributed by atoms with Gasteiger partial charge >= 0.3 is 0 Å². The third kappa shape index (κ3) is 5.35. The molecule has 0 aromatic carbocycles. The van der Waals surface area contributed by atoms with E-state index in [1.165, 1.54) is 0 Å². The van der Waals surface area contributed by atoms with E-state index in [2.05, 4.69) is 5.32 Å². The van der Waals surface area contributed by atoms with E-state index >= 15 is 0 Å². The van der Waals surface area contributed by atoms with Crippen LogP contribution in [0.1, 0.15) is 27.2 Å². The fraction of sp³-hybridized carbons (Fsp3) is 0.909. The number of carbonyl (C=O) groups excluding carboxylic acids is 1. The second-order valence-corrected chi connectivity index (χ2v) is 3.79. The number of ether oxygens (including phenoxy) is 1. The van der Waals surface area contributed by atoms with Crippen LogP contribution in [-0.4, -0.2) is 32.6 Å². The van der Waals surface area contributed by atoms with Gasteiger partial charge in [-0.2, -0.15) is 0 Å². The Balaban J connectivity index is 3.78. The fourth-order valence-corrected chi connectivity index (χ4v) is 1.38. The van der Waals surface area contributed by atoms with Gasteiger partial charge in [0, 0.05) is 32.1 Å². The molecule has 0 rings (SSSR count). The van der Waals surface area contributed by atoms with E-state index in [4.69, 9.17) is 4.74 Å². The number of hydrogen-bond acceptors (Lipinski definition) is 3. The Bertz CT molecular complexity index is 143. The van der Waals surface area contributed by atoms with Crippen LogP contribution in [0.5, 0.6) is 0 Å². The van der Waals surface area contributed by atoms with Gasteiger partial charge in [-0.25, -0.2) is 0 Å². The molecule has 2 unspecified atom stereocenters. The highest BCUT2D eigenvalue weighted by Gasteiger charge is 2.18. The second kappa shape index (κ2) is 7.94. The van der Waals surface area contributed by atoms with Crippen LogP contribution in [0.15, 0.2) is 0 Å². The summed E-state index contributed by atoms with van der Waals surface area (Å²) in [6.07, 6.45) is 0.825. The third-order valence-electron chi connectivity index (χ3n) is 2.43. The Kier molecular flexibility index (Phi) is 7.71. The van der Waals surface area contributed by atoms with E-state index < -0.39 is 0 Å². The predicted octanol–water partition coefficient (Wildman–Crippen LogP) is 1.47. The van der Waals surface area contributed by atoms with Gasteiger partial charge in [-0.05, 0) is 13.0 Å². The van der Waals surface area contributed by atoms with Crippen molar-refractivity contribution in [1.29, 1.82) is 0 Å². The molecule has 0 saturated carbocycles. The van der Waals surface area contributed by atoms with Crippen molar-refractivity contribution in [3.8, 4) is 0 Å². The molecule has 0 spiro atoms. The average molecular weight is 201 g/mol. The van der Waals surface area contributed by atoms with Crippen molar-refractivity contribution in [2.45, 2.75) is 27.2 Å². The van der Waals surface area contributed by atoms with Gasteiger partial charge in [0.15, 0.2) is 0 Å². The van der Waals surface area contributed by atoms with Gasteiger partial charge in [0.05, 0.1) is 0 Å². The van der Waals surface area contributed by atoms with Gasteiger partial charge in [-0.3, -0.25) is 4.79 Å². The molecule has 0 saturated heterocycles. The van der Waals surface area contributed by atoms with Crippen molar-refractivity contribution < 1.29 is 9.53 Å². The average Bonchev–Trinajstić information content (AvgIpc) is 2.21. The summed E-state index contributed by atoms with van der Waals surface area (Å²) < 4.78 is 4.96. The minimum atomic E-state index is 0.113. The van der Waals surface area contributed by atoms with E-state index in [9.17, 15) is 4.79 Å². The number of Topliss-reactive ketones (excluding diaryl/α,β-unsaturated/α-hetero) is 1. The molecule has 0 aromatic heterocycles. The molecule has 84 valence electrons. The molecule has 0 aliphatic heterocycles. The van der Waals surface area contributed by atoms with Crippen LogP contribution in [0.25, 0.3) is 0 Å². The number of methoxy groups -OCH3 is 1. The zero-order valence-corrected chi connectivity index (χ0v) is 9.80. The van der Waals surface area contributed by atoms with Crippen LogP contribution in [0.4, 0.5) is 0 Å². The number of ketones is 1. The Morgan fingerprint density at radius 1 is 1.36 bits per heavy atom. The molecule has 0 bridgehead atoms. The second-order valence-electron chi connectivity index (χ2n) is 3.79. The van der Waals surface area contributed by atoms with E-state index in [0.717, 1.165) is 19.5 Å². The smallest absolute Gasteiger partial charge is 0.139 e. The van der Waals surface area contributed by atoms with Crippen molar-refractivity contribution in [3.05, 3.63) is 0 Å². The lowest BCUT2D eigenvalue weighted by Gasteiger charge is -2.15. The zero-order chi connectivity index (χ0) is 11.0. The fourth-order valence-electron chi connectivity index (χ4n) is 1.38. The van der Waals surface area contributed by atoms with Gasteiger partial charge in [0.2, 0.25) is 0 Å². The summed E-state index contributed by atoms with van der Waals surface area (Å²) in [4.78, 5) is 11.8. The molecule has 0 aliphatic carbocycles. The molecule has 1 N–H and O–H groups in total. The Hall–Kier alpha value is -0.410. The molecule has 0 fully saturated rings. The highest BCUT2D eigenvalue weighted by molar-refractivity contribution is 5.82. The van der Waals surface area contributed by atoms with Crippen molar-refractivity contribution in [1.82, 2.24) is 5.32 Å². The molecular formula is C11H23NO2.